The standard InChI is InChI=1S/C19H27FN4O3/c1-5-27-17-12(11-21)10-15(20)16(23-17)22-13-6-8-14(9-7-13)24(18(25)26)19(2,3)4/h10,13-14H,5-9H2,1-4H3,(H,22,23)(H,25,26). The molecule has 1 aliphatic carbocycles. The zero-order chi connectivity index (χ0) is 20.2. The summed E-state index contributed by atoms with van der Waals surface area (Å²) in [5.74, 6) is -0.423. The van der Waals surface area contributed by atoms with E-state index in [4.69, 9.17) is 10.00 Å². The predicted octanol–water partition coefficient (Wildman–Crippen LogP) is 3.99. The average Bonchev–Trinajstić information content (AvgIpc) is 2.57. The van der Waals surface area contributed by atoms with Crippen molar-refractivity contribution in [2.75, 3.05) is 11.9 Å². The predicted molar refractivity (Wildman–Crippen MR) is 99.4 cm³/mol. The van der Waals surface area contributed by atoms with Crippen LogP contribution in [0.25, 0.3) is 0 Å². The second kappa shape index (κ2) is 8.42. The van der Waals surface area contributed by atoms with Crippen LogP contribution < -0.4 is 10.1 Å². The lowest BCUT2D eigenvalue weighted by Gasteiger charge is -2.42. The van der Waals surface area contributed by atoms with Crippen LogP contribution >= 0.6 is 0 Å². The number of ether oxygens (including phenoxy) is 1. The molecule has 2 rings (SSSR count). The Morgan fingerprint density at radius 2 is 2.07 bits per heavy atom. The summed E-state index contributed by atoms with van der Waals surface area (Å²) in [7, 11) is 0. The summed E-state index contributed by atoms with van der Waals surface area (Å²) in [6.45, 7) is 7.75. The molecular weight excluding hydrogens is 351 g/mol. The summed E-state index contributed by atoms with van der Waals surface area (Å²) in [5, 5.41) is 21.7. The number of nitrogens with zero attached hydrogens (tertiary/aromatic N) is 3. The molecule has 1 fully saturated rings. The van der Waals surface area contributed by atoms with Crippen LogP contribution in [0.5, 0.6) is 5.88 Å². The Hall–Kier alpha value is -2.56. The van der Waals surface area contributed by atoms with Gasteiger partial charge in [-0.3, -0.25) is 0 Å². The lowest BCUT2D eigenvalue weighted by molar-refractivity contribution is 0.0556. The molecular formula is C19H27FN4O3. The first-order valence-electron chi connectivity index (χ1n) is 9.19. The van der Waals surface area contributed by atoms with Crippen molar-refractivity contribution in [3.05, 3.63) is 17.4 Å². The highest BCUT2D eigenvalue weighted by atomic mass is 19.1. The van der Waals surface area contributed by atoms with Crippen molar-refractivity contribution in [2.45, 2.75) is 71.0 Å². The van der Waals surface area contributed by atoms with E-state index in [9.17, 15) is 14.3 Å². The number of carbonyl (C=O) groups is 1. The van der Waals surface area contributed by atoms with Crippen LogP contribution in [0, 0.1) is 17.1 Å². The highest BCUT2D eigenvalue weighted by molar-refractivity contribution is 5.66. The fraction of sp³-hybridized carbons (Fsp3) is 0.632. The van der Waals surface area contributed by atoms with Gasteiger partial charge in [-0.1, -0.05) is 0 Å². The Labute approximate surface area is 159 Å². The van der Waals surface area contributed by atoms with Gasteiger partial charge in [0.05, 0.1) is 6.61 Å². The zero-order valence-electron chi connectivity index (χ0n) is 16.3. The van der Waals surface area contributed by atoms with Crippen LogP contribution in [0.4, 0.5) is 15.0 Å². The number of halogens is 1. The number of carboxylic acid groups (broad SMARTS) is 1. The van der Waals surface area contributed by atoms with Crippen LogP contribution in [0.3, 0.4) is 0 Å². The van der Waals surface area contributed by atoms with E-state index >= 15 is 0 Å². The molecule has 0 bridgehead atoms. The molecule has 148 valence electrons. The van der Waals surface area contributed by atoms with Gasteiger partial charge in [0.25, 0.3) is 0 Å². The maximum atomic E-state index is 14.3. The molecule has 1 aliphatic rings. The molecule has 0 aromatic carbocycles. The van der Waals surface area contributed by atoms with Gasteiger partial charge in [-0.2, -0.15) is 10.2 Å². The van der Waals surface area contributed by atoms with Crippen LogP contribution in [-0.2, 0) is 0 Å². The smallest absolute Gasteiger partial charge is 0.407 e. The summed E-state index contributed by atoms with van der Waals surface area (Å²) in [5.41, 5.74) is -0.407. The monoisotopic (exact) mass is 378 g/mol. The average molecular weight is 378 g/mol. The molecule has 0 saturated heterocycles. The number of aromatic nitrogens is 1. The quantitative estimate of drug-likeness (QED) is 0.804. The number of hydrogen-bond donors (Lipinski definition) is 2. The third-order valence-corrected chi connectivity index (χ3v) is 4.67. The van der Waals surface area contributed by atoms with E-state index in [1.165, 1.54) is 4.90 Å². The molecule has 27 heavy (non-hydrogen) atoms. The molecule has 1 heterocycles. The number of nitriles is 1. The molecule has 0 spiro atoms. The second-order valence-electron chi connectivity index (χ2n) is 7.69. The van der Waals surface area contributed by atoms with Gasteiger partial charge in [0.2, 0.25) is 5.88 Å². The molecule has 8 heteroatoms. The van der Waals surface area contributed by atoms with Gasteiger partial charge >= 0.3 is 6.09 Å². The number of nitrogens with one attached hydrogen (secondary N) is 1. The summed E-state index contributed by atoms with van der Waals surface area (Å²) >= 11 is 0. The van der Waals surface area contributed by atoms with Gasteiger partial charge in [0, 0.05) is 23.7 Å². The van der Waals surface area contributed by atoms with E-state index in [-0.39, 0.29) is 29.3 Å². The zero-order valence-corrected chi connectivity index (χ0v) is 16.3. The van der Waals surface area contributed by atoms with Gasteiger partial charge in [0.15, 0.2) is 11.6 Å². The maximum absolute atomic E-state index is 14.3. The summed E-state index contributed by atoms with van der Waals surface area (Å²) < 4.78 is 19.6. The van der Waals surface area contributed by atoms with Crippen LogP contribution in [0.2, 0.25) is 0 Å². The number of pyridine rings is 1. The van der Waals surface area contributed by atoms with Crippen LogP contribution in [-0.4, -0.2) is 45.3 Å². The van der Waals surface area contributed by atoms with Crippen molar-refractivity contribution in [1.29, 1.82) is 5.26 Å². The van der Waals surface area contributed by atoms with Crippen LogP contribution in [0.15, 0.2) is 6.07 Å². The van der Waals surface area contributed by atoms with E-state index in [0.29, 0.717) is 32.3 Å². The number of hydrogen-bond acceptors (Lipinski definition) is 5. The third-order valence-electron chi connectivity index (χ3n) is 4.67. The lowest BCUT2D eigenvalue weighted by atomic mass is 9.88. The maximum Gasteiger partial charge on any atom is 0.407 e. The summed E-state index contributed by atoms with van der Waals surface area (Å²) in [4.78, 5) is 17.3. The fourth-order valence-corrected chi connectivity index (χ4v) is 3.56. The Balaban J connectivity index is 2.07. The van der Waals surface area contributed by atoms with E-state index < -0.39 is 17.4 Å². The topological polar surface area (TPSA) is 98.5 Å². The molecule has 2 N–H and O–H groups in total. The molecule has 0 atom stereocenters. The first-order valence-corrected chi connectivity index (χ1v) is 9.19. The minimum atomic E-state index is -0.917. The normalized spacial score (nSPS) is 19.9. The van der Waals surface area contributed by atoms with Gasteiger partial charge < -0.3 is 20.1 Å². The molecule has 1 saturated carbocycles. The molecule has 1 aromatic heterocycles. The largest absolute Gasteiger partial charge is 0.477 e. The molecule has 0 radical (unpaired) electrons. The Kier molecular flexibility index (Phi) is 6.47. The van der Waals surface area contributed by atoms with Crippen molar-refractivity contribution < 1.29 is 19.0 Å². The Morgan fingerprint density at radius 3 is 2.56 bits per heavy atom. The molecule has 0 unspecified atom stereocenters. The number of amides is 1. The van der Waals surface area contributed by atoms with E-state index in [2.05, 4.69) is 10.3 Å². The highest BCUT2D eigenvalue weighted by Gasteiger charge is 2.35. The van der Waals surface area contributed by atoms with Crippen molar-refractivity contribution >= 4 is 11.9 Å². The van der Waals surface area contributed by atoms with Crippen molar-refractivity contribution in [3.63, 3.8) is 0 Å². The molecule has 0 aliphatic heterocycles. The van der Waals surface area contributed by atoms with Gasteiger partial charge in [-0.25, -0.2) is 9.18 Å². The molecule has 1 amide bonds. The number of rotatable bonds is 5. The first-order chi connectivity index (χ1) is 12.7. The van der Waals surface area contributed by atoms with Gasteiger partial charge in [-0.05, 0) is 53.4 Å². The minimum Gasteiger partial charge on any atom is -0.477 e. The van der Waals surface area contributed by atoms with E-state index in [0.717, 1.165) is 6.07 Å². The number of anilines is 1. The lowest BCUT2D eigenvalue weighted by Crippen LogP contribution is -2.52. The summed E-state index contributed by atoms with van der Waals surface area (Å²) in [6.07, 6.45) is 1.88. The van der Waals surface area contributed by atoms with Crippen molar-refractivity contribution in [3.8, 4) is 11.9 Å². The SMILES string of the molecule is CCOc1nc(NC2CCC(N(C(=O)O)C(C)(C)C)CC2)c(F)cc1C#N. The van der Waals surface area contributed by atoms with Crippen LogP contribution in [0.1, 0.15) is 58.9 Å². The molecule has 1 aromatic rings. The first kappa shape index (κ1) is 20.7. The second-order valence-corrected chi connectivity index (χ2v) is 7.69. The highest BCUT2D eigenvalue weighted by Crippen LogP contribution is 2.31. The fourth-order valence-electron chi connectivity index (χ4n) is 3.56. The van der Waals surface area contributed by atoms with Gasteiger partial charge in [-0.15, -0.1) is 0 Å². The van der Waals surface area contributed by atoms with Gasteiger partial charge in [0.1, 0.15) is 11.6 Å². The minimum absolute atomic E-state index is 0.0127. The van der Waals surface area contributed by atoms with E-state index in [1.54, 1.807) is 6.92 Å². The Morgan fingerprint density at radius 1 is 1.44 bits per heavy atom. The van der Waals surface area contributed by atoms with Crippen molar-refractivity contribution in [2.24, 2.45) is 0 Å². The third kappa shape index (κ3) is 5.00. The summed E-state index contributed by atoms with van der Waals surface area (Å²) in [6, 6.07) is 2.93. The Bertz CT molecular complexity index is 719. The molecule has 7 nitrogen and oxygen atoms in total. The van der Waals surface area contributed by atoms with E-state index in [1.807, 2.05) is 26.8 Å². The van der Waals surface area contributed by atoms with Crippen molar-refractivity contribution in [1.82, 2.24) is 9.88 Å².